The molecule has 3 rings (SSSR count). The second-order valence-electron chi connectivity index (χ2n) is 16.4. The molecule has 17 nitrogen and oxygen atoms in total. The standard InChI is InChI=1S/C40H54N6O11/c1-37(2,3)54-33(47)43-31(44-34(48)55-38(4,5)6)41-23-15-17-25(29(21-23)51-13)27-19-20-28(53-27)26-18-16-24(22-30(26)52-14)42-32(45-35(49)56-39(7,8)9)46-36(50)57-40(10,11)12/h15-22H,1-14H3,(H2,41,43,44,47,48)(H2,42,45,46,49,50). The number of benzene rings is 2. The third kappa shape index (κ3) is 15.8. The van der Waals surface area contributed by atoms with Gasteiger partial charge in [-0.05, 0) is 119 Å². The topological polar surface area (TPSA) is 210 Å². The molecule has 2 aromatic carbocycles. The van der Waals surface area contributed by atoms with Gasteiger partial charge in [0.1, 0.15) is 45.4 Å². The minimum Gasteiger partial charge on any atom is -0.496 e. The number of carbonyl (C=O) groups excluding carboxylic acids is 4. The number of alkyl carbamates (subject to hydrolysis) is 2. The number of nitrogens with zero attached hydrogens (tertiary/aromatic N) is 2. The van der Waals surface area contributed by atoms with Crippen LogP contribution in [-0.2, 0) is 18.9 Å². The van der Waals surface area contributed by atoms with Gasteiger partial charge in [0.05, 0.1) is 25.3 Å². The number of aliphatic imine (C=N–C) groups is 2. The molecule has 17 heteroatoms. The van der Waals surface area contributed by atoms with Crippen LogP contribution in [0.15, 0.2) is 62.9 Å². The summed E-state index contributed by atoms with van der Waals surface area (Å²) in [5.74, 6) is 1.19. The highest BCUT2D eigenvalue weighted by Crippen LogP contribution is 2.39. The average Bonchev–Trinajstić information content (AvgIpc) is 3.50. The lowest BCUT2D eigenvalue weighted by Gasteiger charge is -2.21. The van der Waals surface area contributed by atoms with Crippen LogP contribution in [0.1, 0.15) is 83.1 Å². The first-order chi connectivity index (χ1) is 26.2. The zero-order chi connectivity index (χ0) is 42.9. The maximum absolute atomic E-state index is 12.6. The maximum Gasteiger partial charge on any atom is 0.437 e. The van der Waals surface area contributed by atoms with E-state index in [0.29, 0.717) is 45.5 Å². The molecule has 3 aromatic rings. The summed E-state index contributed by atoms with van der Waals surface area (Å²) in [6.45, 7) is 20.4. The lowest BCUT2D eigenvalue weighted by Crippen LogP contribution is -2.40. The van der Waals surface area contributed by atoms with E-state index in [9.17, 15) is 19.2 Å². The molecule has 0 saturated carbocycles. The molecule has 1 heterocycles. The number of anilines is 2. The first-order valence-electron chi connectivity index (χ1n) is 17.9. The van der Waals surface area contributed by atoms with Gasteiger partial charge in [-0.1, -0.05) is 0 Å². The summed E-state index contributed by atoms with van der Waals surface area (Å²) in [4.78, 5) is 58.0. The van der Waals surface area contributed by atoms with Crippen LogP contribution >= 0.6 is 0 Å². The molecule has 310 valence electrons. The van der Waals surface area contributed by atoms with E-state index in [0.717, 1.165) is 0 Å². The Kier molecular flexibility index (Phi) is 14.4. The summed E-state index contributed by atoms with van der Waals surface area (Å²) < 4.78 is 38.9. The average molecular weight is 795 g/mol. The van der Waals surface area contributed by atoms with Crippen molar-refractivity contribution >= 4 is 47.7 Å². The molecule has 1 aromatic heterocycles. The molecule has 0 atom stereocenters. The van der Waals surface area contributed by atoms with E-state index in [-0.39, 0.29) is 11.9 Å². The highest BCUT2D eigenvalue weighted by atomic mass is 16.6. The van der Waals surface area contributed by atoms with Crippen LogP contribution in [0.25, 0.3) is 22.6 Å². The zero-order valence-corrected chi connectivity index (χ0v) is 35.0. The van der Waals surface area contributed by atoms with E-state index in [2.05, 4.69) is 31.3 Å². The summed E-state index contributed by atoms with van der Waals surface area (Å²) >= 11 is 0. The van der Waals surface area contributed by atoms with Gasteiger partial charge in [0.15, 0.2) is 0 Å². The van der Waals surface area contributed by atoms with Crippen LogP contribution in [-0.4, -0.2) is 72.9 Å². The van der Waals surface area contributed by atoms with E-state index >= 15 is 0 Å². The van der Waals surface area contributed by atoms with Gasteiger partial charge in [-0.15, -0.1) is 9.98 Å². The van der Waals surface area contributed by atoms with Gasteiger partial charge >= 0.3 is 24.4 Å². The largest absolute Gasteiger partial charge is 0.496 e. The summed E-state index contributed by atoms with van der Waals surface area (Å²) in [5, 5.41) is 10.7. The quantitative estimate of drug-likeness (QED) is 0.104. The third-order valence-electron chi connectivity index (χ3n) is 6.50. The molecule has 0 fully saturated rings. The molecule has 0 radical (unpaired) electrons. The van der Waals surface area contributed by atoms with Crippen molar-refractivity contribution in [2.24, 2.45) is 9.98 Å². The molecule has 0 aliphatic rings. The van der Waals surface area contributed by atoms with Gasteiger partial charge in [-0.3, -0.25) is 10.6 Å². The zero-order valence-electron chi connectivity index (χ0n) is 35.0. The van der Waals surface area contributed by atoms with Crippen LogP contribution in [0, 0.1) is 0 Å². The van der Waals surface area contributed by atoms with Crippen LogP contribution in [0.4, 0.5) is 30.6 Å². The summed E-state index contributed by atoms with van der Waals surface area (Å²) in [5.41, 5.74) is -1.30. The van der Waals surface area contributed by atoms with Crippen molar-refractivity contribution in [2.75, 3.05) is 24.9 Å². The number of hydrogen-bond donors (Lipinski definition) is 4. The fraction of sp³-hybridized carbons (Fsp3) is 0.450. The van der Waals surface area contributed by atoms with Crippen molar-refractivity contribution < 1.29 is 52.0 Å². The van der Waals surface area contributed by atoms with Crippen LogP contribution < -0.4 is 30.7 Å². The first kappa shape index (κ1) is 45.1. The summed E-state index contributed by atoms with van der Waals surface area (Å²) in [7, 11) is 2.96. The minimum absolute atomic E-state index is 0.234. The number of furan rings is 1. The van der Waals surface area contributed by atoms with Crippen LogP contribution in [0.3, 0.4) is 0 Å². The van der Waals surface area contributed by atoms with E-state index in [1.54, 1.807) is 132 Å². The minimum atomic E-state index is -0.932. The molecule has 4 N–H and O–H groups in total. The molecule has 0 unspecified atom stereocenters. The highest BCUT2D eigenvalue weighted by Gasteiger charge is 2.23. The van der Waals surface area contributed by atoms with Gasteiger partial charge in [0.2, 0.25) is 11.9 Å². The Morgan fingerprint density at radius 1 is 0.509 bits per heavy atom. The fourth-order valence-corrected chi connectivity index (χ4v) is 4.57. The number of nitrogens with one attached hydrogen (secondary N) is 4. The number of hydrogen-bond acceptors (Lipinski definition) is 11. The molecular weight excluding hydrogens is 740 g/mol. The molecule has 57 heavy (non-hydrogen) atoms. The van der Waals surface area contributed by atoms with Crippen molar-refractivity contribution in [3.63, 3.8) is 0 Å². The Labute approximate surface area is 332 Å². The summed E-state index contributed by atoms with van der Waals surface area (Å²) in [6, 6.07) is 13.5. The number of methoxy groups -OCH3 is 2. The van der Waals surface area contributed by atoms with Gasteiger partial charge < -0.3 is 43.5 Å². The van der Waals surface area contributed by atoms with Gasteiger partial charge in [0.25, 0.3) is 0 Å². The Morgan fingerprint density at radius 3 is 1.14 bits per heavy atom. The monoisotopic (exact) mass is 794 g/mol. The Balaban J connectivity index is 1.91. The van der Waals surface area contributed by atoms with Gasteiger partial charge in [0, 0.05) is 23.5 Å². The molecule has 0 aliphatic heterocycles. The number of rotatable bonds is 6. The van der Waals surface area contributed by atoms with E-state index in [1.807, 2.05) is 0 Å². The normalized spacial score (nSPS) is 12.5. The summed E-state index contributed by atoms with van der Waals surface area (Å²) in [6.07, 6.45) is -3.54. The fourth-order valence-electron chi connectivity index (χ4n) is 4.57. The molecule has 4 amide bonds. The van der Waals surface area contributed by atoms with Crippen molar-refractivity contribution in [1.29, 1.82) is 0 Å². The highest BCUT2D eigenvalue weighted by molar-refractivity contribution is 6.07. The van der Waals surface area contributed by atoms with Crippen molar-refractivity contribution in [2.45, 2.75) is 105 Å². The van der Waals surface area contributed by atoms with E-state index in [4.69, 9.17) is 32.8 Å². The lowest BCUT2D eigenvalue weighted by molar-refractivity contribution is 0.0545. The van der Waals surface area contributed by atoms with E-state index in [1.165, 1.54) is 14.2 Å². The SMILES string of the molecule is COc1cc(N/C(=N\C(=O)OC(C)(C)C)NC(=O)OC(C)(C)C)ccc1-c1ccc(-c2ccc(N/C(=N\C(=O)OC(C)(C)C)NC(=O)OC(C)(C)C)cc2OC)o1. The molecule has 0 bridgehead atoms. The van der Waals surface area contributed by atoms with Gasteiger partial charge in [-0.25, -0.2) is 19.2 Å². The molecule has 0 saturated heterocycles. The predicted octanol–water partition coefficient (Wildman–Crippen LogP) is 9.09. The predicted molar refractivity (Wildman–Crippen MR) is 216 cm³/mol. The van der Waals surface area contributed by atoms with Crippen LogP contribution in [0.2, 0.25) is 0 Å². The second kappa shape index (κ2) is 18.1. The molecule has 0 aliphatic carbocycles. The molecule has 0 spiro atoms. The lowest BCUT2D eigenvalue weighted by atomic mass is 10.1. The third-order valence-corrected chi connectivity index (χ3v) is 6.50. The number of amides is 4. The molecular formula is C40H54N6O11. The van der Waals surface area contributed by atoms with Crippen molar-refractivity contribution in [3.8, 4) is 34.1 Å². The van der Waals surface area contributed by atoms with E-state index < -0.39 is 46.8 Å². The Bertz CT molecular complexity index is 1850. The van der Waals surface area contributed by atoms with Crippen molar-refractivity contribution in [1.82, 2.24) is 10.6 Å². The Morgan fingerprint density at radius 2 is 0.842 bits per heavy atom. The van der Waals surface area contributed by atoms with Crippen molar-refractivity contribution in [3.05, 3.63) is 48.5 Å². The number of carbonyl (C=O) groups is 4. The van der Waals surface area contributed by atoms with Gasteiger partial charge in [-0.2, -0.15) is 0 Å². The number of guanidine groups is 2. The maximum atomic E-state index is 12.6. The number of ether oxygens (including phenoxy) is 6. The smallest absolute Gasteiger partial charge is 0.437 e. The first-order valence-corrected chi connectivity index (χ1v) is 17.9. The van der Waals surface area contributed by atoms with Crippen LogP contribution in [0.5, 0.6) is 11.5 Å². The Hall–Kier alpha value is -6.26. The second-order valence-corrected chi connectivity index (χ2v) is 16.4.